The van der Waals surface area contributed by atoms with Crippen LogP contribution in [-0.4, -0.2) is 36.0 Å². The fraction of sp³-hybridized carbons (Fsp3) is 0.304. The van der Waals surface area contributed by atoms with Crippen LogP contribution in [0.1, 0.15) is 25.0 Å². The van der Waals surface area contributed by atoms with Crippen LogP contribution < -0.4 is 10.2 Å². The van der Waals surface area contributed by atoms with Gasteiger partial charge in [-0.05, 0) is 47.7 Å². The van der Waals surface area contributed by atoms with Crippen LogP contribution in [0.5, 0.6) is 0 Å². The summed E-state index contributed by atoms with van der Waals surface area (Å²) in [5.74, 6) is 0.820. The summed E-state index contributed by atoms with van der Waals surface area (Å²) in [6, 6.07) is 15.9. The maximum Gasteiger partial charge on any atom is 0.414 e. The topological polar surface area (TPSA) is 91.1 Å². The first-order valence-electron chi connectivity index (χ1n) is 10.2. The molecular formula is C23H21N5O2. The predicted octanol–water partition coefficient (Wildman–Crippen LogP) is 4.34. The molecule has 1 saturated heterocycles. The van der Waals surface area contributed by atoms with E-state index in [9.17, 15) is 10.1 Å². The van der Waals surface area contributed by atoms with Crippen LogP contribution in [0.4, 0.5) is 16.2 Å². The molecule has 0 radical (unpaired) electrons. The summed E-state index contributed by atoms with van der Waals surface area (Å²) >= 11 is 0. The minimum absolute atomic E-state index is 0.307. The SMILES string of the molecule is N#Cc1nnc2cc(-c3ccc(N4CCOC4=O)cc3)ccc2c1NCCC1CC1. The van der Waals surface area contributed by atoms with Crippen molar-refractivity contribution in [1.82, 2.24) is 10.2 Å². The molecule has 0 spiro atoms. The summed E-state index contributed by atoms with van der Waals surface area (Å²) < 4.78 is 5.00. The van der Waals surface area contributed by atoms with Crippen molar-refractivity contribution in [3.63, 3.8) is 0 Å². The molecule has 2 aliphatic rings. The molecule has 1 aliphatic carbocycles. The monoisotopic (exact) mass is 399 g/mol. The Kier molecular flexibility index (Phi) is 4.68. The van der Waals surface area contributed by atoms with Gasteiger partial charge in [-0.1, -0.05) is 31.0 Å². The molecule has 1 amide bonds. The van der Waals surface area contributed by atoms with E-state index in [1.165, 1.54) is 12.8 Å². The number of fused-ring (bicyclic) bond motifs is 1. The van der Waals surface area contributed by atoms with E-state index in [0.29, 0.717) is 18.8 Å². The number of amides is 1. The zero-order chi connectivity index (χ0) is 20.5. The van der Waals surface area contributed by atoms with Crippen LogP contribution in [0.2, 0.25) is 0 Å². The van der Waals surface area contributed by atoms with Gasteiger partial charge in [0.25, 0.3) is 0 Å². The quantitative estimate of drug-likeness (QED) is 0.663. The molecular weight excluding hydrogens is 378 g/mol. The van der Waals surface area contributed by atoms with Crippen molar-refractivity contribution in [2.45, 2.75) is 19.3 Å². The number of cyclic esters (lactones) is 1. The van der Waals surface area contributed by atoms with Gasteiger partial charge in [-0.3, -0.25) is 4.90 Å². The van der Waals surface area contributed by atoms with Gasteiger partial charge < -0.3 is 10.1 Å². The molecule has 7 nitrogen and oxygen atoms in total. The first kappa shape index (κ1) is 18.4. The average molecular weight is 399 g/mol. The van der Waals surface area contributed by atoms with Crippen molar-refractivity contribution in [2.75, 3.05) is 29.9 Å². The molecule has 7 heteroatoms. The van der Waals surface area contributed by atoms with Gasteiger partial charge in [0.1, 0.15) is 12.7 Å². The van der Waals surface area contributed by atoms with E-state index >= 15 is 0 Å². The van der Waals surface area contributed by atoms with Gasteiger partial charge in [-0.15, -0.1) is 10.2 Å². The van der Waals surface area contributed by atoms with Gasteiger partial charge in [0.05, 0.1) is 17.7 Å². The van der Waals surface area contributed by atoms with Crippen LogP contribution in [0.15, 0.2) is 42.5 Å². The zero-order valence-electron chi connectivity index (χ0n) is 16.5. The standard InChI is InChI=1S/C23H21N5O2/c24-14-21-22(25-10-9-15-1-2-15)19-8-5-17(13-20(19)26-27-21)16-3-6-18(7-4-16)28-11-12-30-23(28)29/h3-8,13,15H,1-2,9-12H2,(H,25,26). The maximum atomic E-state index is 11.7. The number of ether oxygens (including phenoxy) is 1. The molecule has 2 aromatic carbocycles. The fourth-order valence-corrected chi connectivity index (χ4v) is 3.81. The lowest BCUT2D eigenvalue weighted by atomic mass is 10.0. The first-order chi connectivity index (χ1) is 14.7. The van der Waals surface area contributed by atoms with Crippen molar-refractivity contribution in [3.05, 3.63) is 48.2 Å². The number of aromatic nitrogens is 2. The Morgan fingerprint density at radius 3 is 2.63 bits per heavy atom. The summed E-state index contributed by atoms with van der Waals surface area (Å²) in [6.45, 7) is 1.83. The Bertz CT molecular complexity index is 1150. The molecule has 3 aromatic rings. The second kappa shape index (κ2) is 7.64. The minimum Gasteiger partial charge on any atom is -0.447 e. The van der Waals surface area contributed by atoms with Crippen LogP contribution in [0.25, 0.3) is 22.0 Å². The van der Waals surface area contributed by atoms with Crippen molar-refractivity contribution in [1.29, 1.82) is 5.26 Å². The number of carbonyl (C=O) groups is 1. The second-order valence-electron chi connectivity index (χ2n) is 7.74. The van der Waals surface area contributed by atoms with Gasteiger partial charge >= 0.3 is 6.09 Å². The molecule has 1 saturated carbocycles. The van der Waals surface area contributed by atoms with Gasteiger partial charge in [0, 0.05) is 17.6 Å². The summed E-state index contributed by atoms with van der Waals surface area (Å²) in [7, 11) is 0. The highest BCUT2D eigenvalue weighted by atomic mass is 16.6. The molecule has 0 bridgehead atoms. The molecule has 1 aliphatic heterocycles. The summed E-state index contributed by atoms with van der Waals surface area (Å²) in [5, 5.41) is 22.1. The van der Waals surface area contributed by atoms with Gasteiger partial charge in [-0.25, -0.2) is 4.79 Å². The van der Waals surface area contributed by atoms with E-state index in [1.54, 1.807) is 4.90 Å². The van der Waals surface area contributed by atoms with E-state index in [4.69, 9.17) is 4.74 Å². The molecule has 0 unspecified atom stereocenters. The molecule has 2 heterocycles. The van der Waals surface area contributed by atoms with Crippen LogP contribution in [0.3, 0.4) is 0 Å². The summed E-state index contributed by atoms with van der Waals surface area (Å²) in [5.41, 5.74) is 4.67. The van der Waals surface area contributed by atoms with Crippen LogP contribution in [-0.2, 0) is 4.74 Å². The molecule has 1 N–H and O–H groups in total. The smallest absolute Gasteiger partial charge is 0.414 e. The van der Waals surface area contributed by atoms with E-state index in [-0.39, 0.29) is 6.09 Å². The van der Waals surface area contributed by atoms with Gasteiger partial charge in [0.2, 0.25) is 0 Å². The van der Waals surface area contributed by atoms with Crippen molar-refractivity contribution < 1.29 is 9.53 Å². The fourth-order valence-electron chi connectivity index (χ4n) is 3.81. The number of nitriles is 1. The van der Waals surface area contributed by atoms with Crippen molar-refractivity contribution >= 4 is 28.4 Å². The van der Waals surface area contributed by atoms with E-state index in [2.05, 4.69) is 21.6 Å². The maximum absolute atomic E-state index is 11.7. The number of benzene rings is 2. The third-order valence-electron chi connectivity index (χ3n) is 5.69. The van der Waals surface area contributed by atoms with E-state index in [1.807, 2.05) is 42.5 Å². The Morgan fingerprint density at radius 2 is 1.93 bits per heavy atom. The molecule has 1 aromatic heterocycles. The highest BCUT2D eigenvalue weighted by molar-refractivity contribution is 5.95. The number of hydrogen-bond acceptors (Lipinski definition) is 6. The summed E-state index contributed by atoms with van der Waals surface area (Å²) in [4.78, 5) is 13.4. The van der Waals surface area contributed by atoms with Gasteiger partial charge in [-0.2, -0.15) is 5.26 Å². The van der Waals surface area contributed by atoms with Gasteiger partial charge in [0.15, 0.2) is 5.69 Å². The minimum atomic E-state index is -0.307. The number of nitrogens with one attached hydrogen (secondary N) is 1. The molecule has 0 atom stereocenters. The third kappa shape index (κ3) is 3.52. The number of carbonyl (C=O) groups excluding carboxylic acids is 1. The number of nitrogens with zero attached hydrogens (tertiary/aromatic N) is 4. The predicted molar refractivity (Wildman–Crippen MR) is 114 cm³/mol. The Labute approximate surface area is 174 Å². The largest absolute Gasteiger partial charge is 0.447 e. The number of rotatable bonds is 6. The lowest BCUT2D eigenvalue weighted by Crippen LogP contribution is -2.23. The highest BCUT2D eigenvalue weighted by Crippen LogP contribution is 2.33. The highest BCUT2D eigenvalue weighted by Gasteiger charge is 2.23. The van der Waals surface area contributed by atoms with E-state index in [0.717, 1.165) is 52.3 Å². The Morgan fingerprint density at radius 1 is 1.13 bits per heavy atom. The summed E-state index contributed by atoms with van der Waals surface area (Å²) in [6.07, 6.45) is 3.43. The van der Waals surface area contributed by atoms with Crippen LogP contribution >= 0.6 is 0 Å². The lowest BCUT2D eigenvalue weighted by molar-refractivity contribution is 0.181. The average Bonchev–Trinajstić information content (AvgIpc) is 3.51. The van der Waals surface area contributed by atoms with Crippen molar-refractivity contribution in [3.8, 4) is 17.2 Å². The van der Waals surface area contributed by atoms with Crippen LogP contribution in [0, 0.1) is 17.2 Å². The molecule has 30 heavy (non-hydrogen) atoms. The zero-order valence-corrected chi connectivity index (χ0v) is 16.5. The number of anilines is 2. The molecule has 2 fully saturated rings. The molecule has 150 valence electrons. The third-order valence-corrected chi connectivity index (χ3v) is 5.69. The van der Waals surface area contributed by atoms with E-state index < -0.39 is 0 Å². The Balaban J connectivity index is 1.43. The second-order valence-corrected chi connectivity index (χ2v) is 7.74. The first-order valence-corrected chi connectivity index (χ1v) is 10.2. The number of hydrogen-bond donors (Lipinski definition) is 1. The normalized spacial score (nSPS) is 15.8. The Hall–Kier alpha value is -3.66. The lowest BCUT2D eigenvalue weighted by Gasteiger charge is -2.14. The van der Waals surface area contributed by atoms with Crippen molar-refractivity contribution in [2.24, 2.45) is 5.92 Å². The molecule has 5 rings (SSSR count).